The van der Waals surface area contributed by atoms with Crippen LogP contribution in [-0.2, 0) is 0 Å². The predicted molar refractivity (Wildman–Crippen MR) is 143 cm³/mol. The molecule has 1 aromatic heterocycles. The second-order valence-corrected chi connectivity index (χ2v) is 10.2. The van der Waals surface area contributed by atoms with Crippen LogP contribution in [0.15, 0.2) is 52.8 Å². The van der Waals surface area contributed by atoms with Gasteiger partial charge in [0, 0.05) is 17.5 Å². The van der Waals surface area contributed by atoms with E-state index in [-0.39, 0.29) is 6.04 Å². The van der Waals surface area contributed by atoms with Gasteiger partial charge in [0.15, 0.2) is 11.1 Å². The first kappa shape index (κ1) is 24.2. The Bertz CT molecular complexity index is 1130. The van der Waals surface area contributed by atoms with Crippen molar-refractivity contribution in [3.8, 4) is 22.8 Å². The number of aliphatic imine (C=N–C) groups is 1. The lowest BCUT2D eigenvalue weighted by molar-refractivity contribution is 0.186. The predicted octanol–water partition coefficient (Wildman–Crippen LogP) is 6.07. The summed E-state index contributed by atoms with van der Waals surface area (Å²) in [5.41, 5.74) is 10.3. The van der Waals surface area contributed by atoms with Crippen LogP contribution in [0.1, 0.15) is 37.8 Å². The van der Waals surface area contributed by atoms with E-state index in [1.165, 1.54) is 29.7 Å². The van der Waals surface area contributed by atoms with Crippen molar-refractivity contribution in [1.29, 1.82) is 0 Å². The number of piperidine rings is 1. The molecule has 4 rings (SSSR count). The van der Waals surface area contributed by atoms with E-state index < -0.39 is 0 Å². The molecular formula is C27H35N5OS. The first-order chi connectivity index (χ1) is 16.4. The number of nitrogens with two attached hydrogens (primary N) is 1. The number of hydrogen-bond donors (Lipinski definition) is 2. The highest BCUT2D eigenvalue weighted by Crippen LogP contribution is 2.35. The number of thiazole rings is 1. The smallest absolute Gasteiger partial charge is 0.195 e. The van der Waals surface area contributed by atoms with Crippen LogP contribution in [0.25, 0.3) is 11.3 Å². The maximum atomic E-state index is 6.26. The maximum Gasteiger partial charge on any atom is 0.195 e. The number of aryl methyl sites for hydroxylation is 2. The monoisotopic (exact) mass is 477 g/mol. The molecule has 0 spiro atoms. The molecule has 1 aliphatic heterocycles. The number of ether oxygens (including phenoxy) is 1. The second kappa shape index (κ2) is 11.0. The number of para-hydroxylation sites is 1. The van der Waals surface area contributed by atoms with E-state index in [4.69, 9.17) is 15.5 Å². The van der Waals surface area contributed by atoms with Crippen molar-refractivity contribution in [2.24, 2.45) is 16.6 Å². The first-order valence-corrected chi connectivity index (χ1v) is 12.9. The van der Waals surface area contributed by atoms with Crippen molar-refractivity contribution in [1.82, 2.24) is 9.88 Å². The van der Waals surface area contributed by atoms with E-state index in [1.54, 1.807) is 0 Å². The molecule has 34 heavy (non-hydrogen) atoms. The zero-order chi connectivity index (χ0) is 24.1. The van der Waals surface area contributed by atoms with Gasteiger partial charge in [-0.2, -0.15) is 0 Å². The lowest BCUT2D eigenvalue weighted by atomic mass is 9.99. The van der Waals surface area contributed by atoms with Crippen molar-refractivity contribution in [2.75, 3.05) is 25.0 Å². The topological polar surface area (TPSA) is 75.8 Å². The van der Waals surface area contributed by atoms with E-state index >= 15 is 0 Å². The van der Waals surface area contributed by atoms with Crippen molar-refractivity contribution in [2.45, 2.75) is 46.6 Å². The Kier molecular flexibility index (Phi) is 7.85. The van der Waals surface area contributed by atoms with Gasteiger partial charge in [-0.05, 0) is 76.4 Å². The Hall–Kier alpha value is -2.90. The minimum atomic E-state index is 0.132. The molecule has 1 atom stereocenters. The van der Waals surface area contributed by atoms with Gasteiger partial charge in [0.25, 0.3) is 0 Å². The largest absolute Gasteiger partial charge is 0.456 e. The average molecular weight is 478 g/mol. The van der Waals surface area contributed by atoms with Crippen LogP contribution in [0.5, 0.6) is 11.5 Å². The Morgan fingerprint density at radius 2 is 1.97 bits per heavy atom. The number of anilines is 1. The van der Waals surface area contributed by atoms with Gasteiger partial charge in [0.2, 0.25) is 0 Å². The minimum Gasteiger partial charge on any atom is -0.456 e. The summed E-state index contributed by atoms with van der Waals surface area (Å²) in [5.74, 6) is 2.86. The van der Waals surface area contributed by atoms with E-state index in [0.717, 1.165) is 59.0 Å². The molecule has 3 N–H and O–H groups in total. The van der Waals surface area contributed by atoms with Crippen LogP contribution >= 0.6 is 11.3 Å². The molecule has 0 amide bonds. The lowest BCUT2D eigenvalue weighted by Gasteiger charge is -2.31. The molecule has 1 unspecified atom stereocenters. The van der Waals surface area contributed by atoms with Crippen molar-refractivity contribution in [3.05, 3.63) is 59.0 Å². The number of likely N-dealkylation sites (tertiary alicyclic amines) is 1. The Morgan fingerprint density at radius 3 is 2.74 bits per heavy atom. The Morgan fingerprint density at radius 1 is 1.21 bits per heavy atom. The lowest BCUT2D eigenvalue weighted by Crippen LogP contribution is -2.38. The highest BCUT2D eigenvalue weighted by Gasteiger charge is 2.18. The van der Waals surface area contributed by atoms with E-state index in [2.05, 4.69) is 55.0 Å². The molecule has 2 aromatic carbocycles. The van der Waals surface area contributed by atoms with Crippen LogP contribution in [0.4, 0.5) is 5.13 Å². The first-order valence-electron chi connectivity index (χ1n) is 12.0. The van der Waals surface area contributed by atoms with Gasteiger partial charge >= 0.3 is 0 Å². The molecule has 1 aliphatic rings. The van der Waals surface area contributed by atoms with Gasteiger partial charge in [0.05, 0.1) is 11.7 Å². The molecule has 180 valence electrons. The number of rotatable bonds is 7. The summed E-state index contributed by atoms with van der Waals surface area (Å²) in [6, 6.07) is 14.3. The quantitative estimate of drug-likeness (QED) is 0.319. The summed E-state index contributed by atoms with van der Waals surface area (Å²) in [4.78, 5) is 11.9. The highest BCUT2D eigenvalue weighted by atomic mass is 32.1. The van der Waals surface area contributed by atoms with Crippen LogP contribution < -0.4 is 15.8 Å². The van der Waals surface area contributed by atoms with Crippen molar-refractivity contribution in [3.63, 3.8) is 0 Å². The fourth-order valence-electron chi connectivity index (χ4n) is 4.29. The summed E-state index contributed by atoms with van der Waals surface area (Å²) in [6.45, 7) is 11.8. The standard InChI is InChI=1S/C27H35N5OS/c1-18-11-13-32(14-12-18)16-21(4)29-26(28)31-27-30-23(17-34-27)22-7-5-6-8-25(22)33-24-10-9-19(2)15-20(24)3/h5-10,15,17-18,21H,11-14,16H2,1-4H3,(H3,28,29,30,31). The fourth-order valence-corrected chi connectivity index (χ4v) is 5.01. The summed E-state index contributed by atoms with van der Waals surface area (Å²) in [6.07, 6.45) is 2.53. The number of nitrogens with zero attached hydrogens (tertiary/aromatic N) is 3. The molecule has 1 fully saturated rings. The molecule has 1 saturated heterocycles. The minimum absolute atomic E-state index is 0.132. The number of guanidine groups is 1. The van der Waals surface area contributed by atoms with Crippen LogP contribution in [0.3, 0.4) is 0 Å². The van der Waals surface area contributed by atoms with Gasteiger partial charge in [-0.25, -0.2) is 9.98 Å². The number of aromatic nitrogens is 1. The molecule has 0 aliphatic carbocycles. The highest BCUT2D eigenvalue weighted by molar-refractivity contribution is 7.14. The van der Waals surface area contributed by atoms with Crippen molar-refractivity contribution < 1.29 is 4.74 Å². The van der Waals surface area contributed by atoms with Gasteiger partial charge in [-0.15, -0.1) is 11.3 Å². The molecular weight excluding hydrogens is 442 g/mol. The summed E-state index contributed by atoms with van der Waals surface area (Å²) >= 11 is 1.51. The molecule has 6 nitrogen and oxygen atoms in total. The van der Waals surface area contributed by atoms with E-state index in [1.807, 2.05) is 35.7 Å². The van der Waals surface area contributed by atoms with Gasteiger partial charge in [-0.1, -0.05) is 36.8 Å². The van der Waals surface area contributed by atoms with Gasteiger partial charge in [-0.3, -0.25) is 0 Å². The number of nitrogens with one attached hydrogen (secondary N) is 1. The third-order valence-electron chi connectivity index (χ3n) is 6.21. The SMILES string of the molecule is Cc1ccc(Oc2ccccc2-c2csc(NC(N)=NC(C)CN3CCC(C)CC3)n2)c(C)c1. The van der Waals surface area contributed by atoms with Gasteiger partial charge in [0.1, 0.15) is 11.5 Å². The zero-order valence-electron chi connectivity index (χ0n) is 20.5. The third-order valence-corrected chi connectivity index (χ3v) is 6.97. The normalized spacial score (nSPS) is 16.4. The van der Waals surface area contributed by atoms with Crippen LogP contribution in [-0.4, -0.2) is 41.5 Å². The molecule has 2 heterocycles. The van der Waals surface area contributed by atoms with E-state index in [0.29, 0.717) is 5.96 Å². The third kappa shape index (κ3) is 6.36. The van der Waals surface area contributed by atoms with Crippen LogP contribution in [0.2, 0.25) is 0 Å². The molecule has 7 heteroatoms. The maximum absolute atomic E-state index is 6.26. The number of hydrogen-bond acceptors (Lipinski definition) is 5. The molecule has 0 bridgehead atoms. The van der Waals surface area contributed by atoms with Crippen molar-refractivity contribution >= 4 is 22.4 Å². The molecule has 0 radical (unpaired) electrons. The molecule has 3 aromatic rings. The average Bonchev–Trinajstić information content (AvgIpc) is 3.25. The fraction of sp³-hybridized carbons (Fsp3) is 0.407. The number of benzene rings is 2. The second-order valence-electron chi connectivity index (χ2n) is 9.38. The summed E-state index contributed by atoms with van der Waals surface area (Å²) in [7, 11) is 0. The summed E-state index contributed by atoms with van der Waals surface area (Å²) in [5, 5.41) is 5.90. The molecule has 0 saturated carbocycles. The summed E-state index contributed by atoms with van der Waals surface area (Å²) < 4.78 is 6.26. The van der Waals surface area contributed by atoms with Crippen LogP contribution in [0, 0.1) is 19.8 Å². The zero-order valence-corrected chi connectivity index (χ0v) is 21.4. The van der Waals surface area contributed by atoms with Gasteiger partial charge < -0.3 is 20.7 Å². The Balaban J connectivity index is 1.42. The Labute approximate surface area is 206 Å². The van der Waals surface area contributed by atoms with E-state index in [9.17, 15) is 0 Å².